The molecule has 0 spiro atoms. The lowest BCUT2D eigenvalue weighted by atomic mass is 10.1. The lowest BCUT2D eigenvalue weighted by Crippen LogP contribution is -2.37. The summed E-state index contributed by atoms with van der Waals surface area (Å²) in [5.74, 6) is 0.860. The van der Waals surface area contributed by atoms with Gasteiger partial charge in [-0.25, -0.2) is 0 Å². The molecule has 0 bridgehead atoms. The Bertz CT molecular complexity index is 672. The first-order chi connectivity index (χ1) is 12.0. The van der Waals surface area contributed by atoms with Crippen molar-refractivity contribution < 1.29 is 9.53 Å². The van der Waals surface area contributed by atoms with Gasteiger partial charge in [-0.2, -0.15) is 5.10 Å². The fourth-order valence-electron chi connectivity index (χ4n) is 2.51. The second kappa shape index (κ2) is 9.60. The van der Waals surface area contributed by atoms with Crippen molar-refractivity contribution >= 4 is 17.7 Å². The van der Waals surface area contributed by atoms with E-state index in [0.29, 0.717) is 0 Å². The molecule has 0 fully saturated rings. The zero-order valence-electron chi connectivity index (χ0n) is 15.2. The number of rotatable bonds is 9. The summed E-state index contributed by atoms with van der Waals surface area (Å²) < 4.78 is 6.75. The Morgan fingerprint density at radius 3 is 2.60 bits per heavy atom. The van der Waals surface area contributed by atoms with Crippen molar-refractivity contribution in [3.05, 3.63) is 47.8 Å². The molecule has 0 saturated carbocycles. The first-order valence-electron chi connectivity index (χ1n) is 8.23. The van der Waals surface area contributed by atoms with Crippen LogP contribution in [0, 0.1) is 0 Å². The molecule has 0 aliphatic rings. The highest BCUT2D eigenvalue weighted by atomic mass is 32.2. The summed E-state index contributed by atoms with van der Waals surface area (Å²) in [5, 5.41) is 10.2. The highest BCUT2D eigenvalue weighted by molar-refractivity contribution is 7.99. The third-order valence-corrected chi connectivity index (χ3v) is 4.88. The lowest BCUT2D eigenvalue weighted by molar-refractivity contribution is -0.123. The average Bonchev–Trinajstić information content (AvgIpc) is 3.02. The Morgan fingerprint density at radius 2 is 2.04 bits per heavy atom. The molecule has 2 N–H and O–H groups in total. The van der Waals surface area contributed by atoms with Crippen molar-refractivity contribution in [2.75, 3.05) is 26.5 Å². The molecule has 0 aliphatic heterocycles. The zero-order chi connectivity index (χ0) is 18.2. The fourth-order valence-corrected chi connectivity index (χ4v) is 3.33. The molecule has 0 saturated heterocycles. The van der Waals surface area contributed by atoms with E-state index in [9.17, 15) is 4.79 Å². The van der Waals surface area contributed by atoms with E-state index in [1.165, 1.54) is 4.90 Å². The lowest BCUT2D eigenvalue weighted by Gasteiger charge is -2.19. The molecule has 2 rings (SSSR count). The summed E-state index contributed by atoms with van der Waals surface area (Å²) in [4.78, 5) is 13.8. The van der Waals surface area contributed by atoms with E-state index in [0.717, 1.165) is 23.5 Å². The number of likely N-dealkylation sites (N-methyl/N-ethyl adjacent to an activating group) is 1. The molecule has 25 heavy (non-hydrogen) atoms. The van der Waals surface area contributed by atoms with Crippen LogP contribution in [0.25, 0.3) is 0 Å². The summed E-state index contributed by atoms with van der Waals surface area (Å²) in [6, 6.07) is 7.78. The molecule has 2 atom stereocenters. The molecule has 1 amide bonds. The highest BCUT2D eigenvalue weighted by Gasteiger charge is 2.21. The van der Waals surface area contributed by atoms with Gasteiger partial charge < -0.3 is 15.4 Å². The van der Waals surface area contributed by atoms with Crippen LogP contribution in [0.2, 0.25) is 0 Å². The van der Waals surface area contributed by atoms with Gasteiger partial charge in [0, 0.05) is 36.6 Å². The number of aromatic nitrogens is 2. The fraction of sp³-hybridized carbons (Fsp3) is 0.444. The first-order valence-corrected chi connectivity index (χ1v) is 9.21. The monoisotopic (exact) mass is 362 g/mol. The molecule has 2 unspecified atom stereocenters. The van der Waals surface area contributed by atoms with Gasteiger partial charge in [-0.05, 0) is 31.7 Å². The van der Waals surface area contributed by atoms with Crippen molar-refractivity contribution in [2.24, 2.45) is 7.05 Å². The van der Waals surface area contributed by atoms with Crippen molar-refractivity contribution in [1.82, 2.24) is 20.4 Å². The van der Waals surface area contributed by atoms with Crippen LogP contribution in [0.1, 0.15) is 30.1 Å². The number of methoxy groups -OCH3 is 1. The minimum Gasteiger partial charge on any atom is -0.384 e. The molecule has 2 aromatic rings. The molecule has 7 heteroatoms. The van der Waals surface area contributed by atoms with Gasteiger partial charge in [0.15, 0.2) is 0 Å². The summed E-state index contributed by atoms with van der Waals surface area (Å²) in [6.07, 6.45) is 3.55. The van der Waals surface area contributed by atoms with Gasteiger partial charge >= 0.3 is 0 Å². The van der Waals surface area contributed by atoms with Crippen LogP contribution in [-0.2, 0) is 16.6 Å². The van der Waals surface area contributed by atoms with E-state index in [1.807, 2.05) is 20.2 Å². The number of amides is 1. The number of ether oxygens (including phenoxy) is 1. The van der Waals surface area contributed by atoms with Gasteiger partial charge in [0.2, 0.25) is 5.91 Å². The van der Waals surface area contributed by atoms with Crippen molar-refractivity contribution in [3.63, 3.8) is 0 Å². The smallest absolute Gasteiger partial charge is 0.242 e. The predicted octanol–water partition coefficient (Wildman–Crippen LogP) is 2.30. The van der Waals surface area contributed by atoms with Crippen molar-refractivity contribution in [1.29, 1.82) is 0 Å². The maximum atomic E-state index is 12.6. The van der Waals surface area contributed by atoms with Crippen LogP contribution in [0.5, 0.6) is 0 Å². The second-order valence-corrected chi connectivity index (χ2v) is 6.98. The van der Waals surface area contributed by atoms with Crippen LogP contribution in [0.3, 0.4) is 0 Å². The van der Waals surface area contributed by atoms with Crippen LogP contribution >= 0.6 is 11.8 Å². The molecule has 0 aliphatic carbocycles. The van der Waals surface area contributed by atoms with Crippen LogP contribution in [-0.4, -0.2) is 42.2 Å². The minimum atomic E-state index is -0.417. The molecule has 1 aromatic heterocycles. The van der Waals surface area contributed by atoms with E-state index in [1.54, 1.807) is 36.8 Å². The summed E-state index contributed by atoms with van der Waals surface area (Å²) in [5.41, 5.74) is 1.92. The van der Waals surface area contributed by atoms with E-state index < -0.39 is 6.04 Å². The SMILES string of the molecule is CNC(C(=O)NC(C)c1ccc(SCCOC)cc1)c1cnn(C)c1. The maximum absolute atomic E-state index is 12.6. The summed E-state index contributed by atoms with van der Waals surface area (Å²) >= 11 is 1.76. The van der Waals surface area contributed by atoms with Gasteiger partial charge in [0.25, 0.3) is 0 Å². The van der Waals surface area contributed by atoms with E-state index in [4.69, 9.17) is 4.74 Å². The number of thioether (sulfide) groups is 1. The van der Waals surface area contributed by atoms with E-state index in [-0.39, 0.29) is 11.9 Å². The normalized spacial score (nSPS) is 13.4. The number of carbonyl (C=O) groups is 1. The molecule has 1 aromatic carbocycles. The maximum Gasteiger partial charge on any atom is 0.242 e. The number of hydrogen-bond donors (Lipinski definition) is 2. The third kappa shape index (κ3) is 5.59. The standard InChI is InChI=1S/C18H26N4O2S/c1-13(14-5-7-16(8-6-14)25-10-9-24-4)21-18(23)17(19-2)15-11-20-22(3)12-15/h5-8,11-13,17,19H,9-10H2,1-4H3,(H,21,23). The Balaban J connectivity index is 1.95. The largest absolute Gasteiger partial charge is 0.384 e. The zero-order valence-corrected chi connectivity index (χ0v) is 16.0. The van der Waals surface area contributed by atoms with Gasteiger partial charge in [0.1, 0.15) is 6.04 Å². The van der Waals surface area contributed by atoms with Crippen LogP contribution < -0.4 is 10.6 Å². The molecule has 1 heterocycles. The quantitative estimate of drug-likeness (QED) is 0.529. The Morgan fingerprint density at radius 1 is 1.32 bits per heavy atom. The third-order valence-electron chi connectivity index (χ3n) is 3.90. The number of nitrogens with one attached hydrogen (secondary N) is 2. The number of hydrogen-bond acceptors (Lipinski definition) is 5. The van der Waals surface area contributed by atoms with Crippen molar-refractivity contribution in [3.8, 4) is 0 Å². The van der Waals surface area contributed by atoms with Crippen molar-refractivity contribution in [2.45, 2.75) is 23.9 Å². The van der Waals surface area contributed by atoms with Gasteiger partial charge in [0.05, 0.1) is 18.8 Å². The topological polar surface area (TPSA) is 68.2 Å². The highest BCUT2D eigenvalue weighted by Crippen LogP contribution is 2.21. The molecule has 136 valence electrons. The first kappa shape index (κ1) is 19.5. The van der Waals surface area contributed by atoms with Crippen LogP contribution in [0.4, 0.5) is 0 Å². The Labute approximate surface area is 153 Å². The predicted molar refractivity (Wildman–Crippen MR) is 101 cm³/mol. The average molecular weight is 362 g/mol. The number of nitrogens with zero attached hydrogens (tertiary/aromatic N) is 2. The van der Waals surface area contributed by atoms with E-state index >= 15 is 0 Å². The van der Waals surface area contributed by atoms with Gasteiger partial charge in [-0.15, -0.1) is 11.8 Å². The second-order valence-electron chi connectivity index (χ2n) is 5.81. The Hall–Kier alpha value is -1.83. The minimum absolute atomic E-state index is 0.0680. The number of aryl methyl sites for hydroxylation is 1. The molecular weight excluding hydrogens is 336 g/mol. The summed E-state index contributed by atoms with van der Waals surface area (Å²) in [6.45, 7) is 2.72. The van der Waals surface area contributed by atoms with Crippen LogP contribution in [0.15, 0.2) is 41.6 Å². The van der Waals surface area contributed by atoms with Gasteiger partial charge in [-0.1, -0.05) is 12.1 Å². The molecule has 6 nitrogen and oxygen atoms in total. The Kier molecular flexibility index (Phi) is 7.49. The number of benzene rings is 1. The molecule has 0 radical (unpaired) electrons. The molecular formula is C18H26N4O2S. The summed E-state index contributed by atoms with van der Waals surface area (Å²) in [7, 11) is 5.31. The van der Waals surface area contributed by atoms with Gasteiger partial charge in [-0.3, -0.25) is 9.48 Å². The number of carbonyl (C=O) groups excluding carboxylic acids is 1. The van der Waals surface area contributed by atoms with E-state index in [2.05, 4.69) is 40.0 Å².